The molecule has 0 bridgehead atoms. The lowest BCUT2D eigenvalue weighted by Crippen LogP contribution is -2.16. The predicted molar refractivity (Wildman–Crippen MR) is 126 cm³/mol. The number of rotatable bonds is 7. The minimum Gasteiger partial charge on any atom is -0.495 e. The van der Waals surface area contributed by atoms with Crippen molar-refractivity contribution in [3.05, 3.63) is 78.4 Å². The molecule has 3 aromatic carbocycles. The van der Waals surface area contributed by atoms with E-state index in [1.807, 2.05) is 20.8 Å². The number of nitrogens with one attached hydrogen (secondary N) is 2. The summed E-state index contributed by atoms with van der Waals surface area (Å²) in [7, 11) is -6.43. The first-order valence-corrected chi connectivity index (χ1v) is 12.8. The van der Waals surface area contributed by atoms with E-state index in [1.54, 1.807) is 36.4 Å². The molecule has 0 radical (unpaired) electrons. The predicted octanol–water partition coefficient (Wildman–Crippen LogP) is 4.59. The summed E-state index contributed by atoms with van der Waals surface area (Å²) in [4.78, 5) is -0.00223. The largest absolute Gasteiger partial charge is 0.495 e. The summed E-state index contributed by atoms with van der Waals surface area (Å²) in [5.41, 5.74) is 1.31. The molecule has 2 N–H and O–H groups in total. The van der Waals surface area contributed by atoms with Gasteiger partial charge in [0.1, 0.15) is 5.75 Å². The van der Waals surface area contributed by atoms with Crippen LogP contribution in [0.2, 0.25) is 0 Å². The average molecular weight is 475 g/mol. The number of hydrogen-bond acceptors (Lipinski definition) is 5. The van der Waals surface area contributed by atoms with Crippen molar-refractivity contribution in [1.82, 2.24) is 0 Å². The summed E-state index contributed by atoms with van der Waals surface area (Å²) in [6.45, 7) is 6.12. The maximum atomic E-state index is 12.8. The molecule has 7 nitrogen and oxygen atoms in total. The lowest BCUT2D eigenvalue weighted by atomic mass is 9.87. The molecule has 0 aliphatic carbocycles. The van der Waals surface area contributed by atoms with E-state index in [1.165, 1.54) is 43.5 Å². The number of anilines is 2. The van der Waals surface area contributed by atoms with E-state index in [4.69, 9.17) is 4.74 Å². The Kier molecular flexibility index (Phi) is 6.52. The summed E-state index contributed by atoms with van der Waals surface area (Å²) in [5.74, 6) is 0.367. The first-order chi connectivity index (χ1) is 14.9. The molecule has 0 saturated heterocycles. The maximum absolute atomic E-state index is 12.8. The molecule has 0 aliphatic rings. The smallest absolute Gasteiger partial charge is 0.262 e. The monoisotopic (exact) mass is 474 g/mol. The van der Waals surface area contributed by atoms with Gasteiger partial charge in [-0.1, -0.05) is 51.1 Å². The van der Waals surface area contributed by atoms with Gasteiger partial charge in [-0.3, -0.25) is 9.44 Å². The first kappa shape index (κ1) is 23.6. The van der Waals surface area contributed by atoms with Crippen LogP contribution in [0.1, 0.15) is 26.3 Å². The number of hydrogen-bond donors (Lipinski definition) is 2. The van der Waals surface area contributed by atoms with Crippen molar-refractivity contribution in [2.45, 2.75) is 36.0 Å². The molecule has 0 fully saturated rings. The summed E-state index contributed by atoms with van der Waals surface area (Å²) >= 11 is 0. The van der Waals surface area contributed by atoms with Gasteiger partial charge in [0.25, 0.3) is 20.0 Å². The second-order valence-corrected chi connectivity index (χ2v) is 11.6. The highest BCUT2D eigenvalue weighted by atomic mass is 32.2. The highest BCUT2D eigenvalue weighted by molar-refractivity contribution is 7.93. The molecule has 0 atom stereocenters. The Hall–Kier alpha value is -3.04. The van der Waals surface area contributed by atoms with Gasteiger partial charge in [0.2, 0.25) is 0 Å². The molecule has 3 aromatic rings. The zero-order valence-electron chi connectivity index (χ0n) is 18.3. The van der Waals surface area contributed by atoms with E-state index in [0.717, 1.165) is 5.56 Å². The first-order valence-electron chi connectivity index (χ1n) is 9.82. The van der Waals surface area contributed by atoms with Crippen LogP contribution in [-0.2, 0) is 25.5 Å². The van der Waals surface area contributed by atoms with Crippen LogP contribution in [0.5, 0.6) is 5.75 Å². The number of ether oxygens (including phenoxy) is 1. The minimum absolute atomic E-state index is 0.0888. The van der Waals surface area contributed by atoms with Gasteiger partial charge in [-0.25, -0.2) is 16.8 Å². The Balaban J connectivity index is 1.85. The molecule has 3 rings (SSSR count). The number of para-hydroxylation sites is 2. The van der Waals surface area contributed by atoms with E-state index in [9.17, 15) is 16.8 Å². The fraction of sp³-hybridized carbons (Fsp3) is 0.217. The summed E-state index contributed by atoms with van der Waals surface area (Å²) in [5, 5.41) is 0. The zero-order chi connectivity index (χ0) is 23.6. The molecule has 9 heteroatoms. The van der Waals surface area contributed by atoms with E-state index in [2.05, 4.69) is 9.44 Å². The van der Waals surface area contributed by atoms with Crippen molar-refractivity contribution in [1.29, 1.82) is 0 Å². The molecule has 170 valence electrons. The summed E-state index contributed by atoms with van der Waals surface area (Å²) < 4.78 is 61.4. The summed E-state index contributed by atoms with van der Waals surface area (Å²) in [6, 6.07) is 18.8. The van der Waals surface area contributed by atoms with Crippen LogP contribution in [0, 0.1) is 0 Å². The van der Waals surface area contributed by atoms with Gasteiger partial charge >= 0.3 is 0 Å². The Labute approximate surface area is 189 Å². The molecular formula is C23H26N2O5S2. The van der Waals surface area contributed by atoms with Crippen LogP contribution in [0.25, 0.3) is 0 Å². The van der Waals surface area contributed by atoms with Crippen LogP contribution < -0.4 is 14.2 Å². The fourth-order valence-electron chi connectivity index (χ4n) is 3.01. The quantitative estimate of drug-likeness (QED) is 0.521. The van der Waals surface area contributed by atoms with Gasteiger partial charge in [0, 0.05) is 0 Å². The zero-order valence-corrected chi connectivity index (χ0v) is 19.9. The lowest BCUT2D eigenvalue weighted by Gasteiger charge is -2.19. The molecule has 0 spiro atoms. The van der Waals surface area contributed by atoms with Crippen LogP contribution in [0.3, 0.4) is 0 Å². The minimum atomic E-state index is -3.98. The van der Waals surface area contributed by atoms with Crippen molar-refractivity contribution in [2.24, 2.45) is 0 Å². The number of sulfonamides is 2. The SMILES string of the molecule is COc1ccccc1NS(=O)(=O)c1cccc(NS(=O)(=O)c2ccc(C(C)(C)C)cc2)c1. The van der Waals surface area contributed by atoms with Gasteiger partial charge in [0.15, 0.2) is 0 Å². The third-order valence-corrected chi connectivity index (χ3v) is 7.54. The number of methoxy groups -OCH3 is 1. The molecule has 0 saturated carbocycles. The van der Waals surface area contributed by atoms with Crippen LogP contribution >= 0.6 is 0 Å². The number of benzene rings is 3. The van der Waals surface area contributed by atoms with Gasteiger partial charge < -0.3 is 4.74 Å². The third-order valence-electron chi connectivity index (χ3n) is 4.78. The molecular weight excluding hydrogens is 448 g/mol. The fourth-order valence-corrected chi connectivity index (χ4v) is 5.17. The van der Waals surface area contributed by atoms with Gasteiger partial charge in [-0.15, -0.1) is 0 Å². The molecule has 0 aliphatic heterocycles. The highest BCUT2D eigenvalue weighted by Gasteiger charge is 2.20. The van der Waals surface area contributed by atoms with Gasteiger partial charge in [-0.05, 0) is 53.4 Å². The molecule has 0 unspecified atom stereocenters. The van der Waals surface area contributed by atoms with Crippen LogP contribution in [0.15, 0.2) is 82.6 Å². The summed E-state index contributed by atoms with van der Waals surface area (Å²) in [6.07, 6.45) is 0. The Morgan fingerprint density at radius 2 is 1.34 bits per heavy atom. The van der Waals surface area contributed by atoms with Crippen LogP contribution in [0.4, 0.5) is 11.4 Å². The van der Waals surface area contributed by atoms with Crippen molar-refractivity contribution in [3.63, 3.8) is 0 Å². The Bertz CT molecular complexity index is 1310. The lowest BCUT2D eigenvalue weighted by molar-refractivity contribution is 0.417. The van der Waals surface area contributed by atoms with Gasteiger partial charge in [-0.2, -0.15) is 0 Å². The normalized spacial score (nSPS) is 12.2. The topological polar surface area (TPSA) is 102 Å². The second kappa shape index (κ2) is 8.84. The molecule has 0 amide bonds. The Morgan fingerprint density at radius 3 is 1.97 bits per heavy atom. The van der Waals surface area contributed by atoms with Crippen molar-refractivity contribution in [3.8, 4) is 5.75 Å². The Morgan fingerprint density at radius 1 is 0.719 bits per heavy atom. The van der Waals surface area contributed by atoms with Crippen molar-refractivity contribution in [2.75, 3.05) is 16.6 Å². The molecule has 32 heavy (non-hydrogen) atoms. The highest BCUT2D eigenvalue weighted by Crippen LogP contribution is 2.28. The molecule has 0 heterocycles. The van der Waals surface area contributed by atoms with E-state index in [0.29, 0.717) is 5.75 Å². The van der Waals surface area contributed by atoms with E-state index in [-0.39, 0.29) is 26.6 Å². The third kappa shape index (κ3) is 5.41. The second-order valence-electron chi connectivity index (χ2n) is 8.21. The average Bonchev–Trinajstić information content (AvgIpc) is 2.73. The van der Waals surface area contributed by atoms with Crippen molar-refractivity contribution < 1.29 is 21.6 Å². The van der Waals surface area contributed by atoms with Gasteiger partial charge in [0.05, 0.1) is 28.3 Å². The standard InChI is InChI=1S/C23H26N2O5S2/c1-23(2,3)17-12-14-19(15-13-17)31(26,27)24-18-8-7-9-20(16-18)32(28,29)25-21-10-5-6-11-22(21)30-4/h5-16,24-25H,1-4H3. The van der Waals surface area contributed by atoms with Crippen molar-refractivity contribution >= 4 is 31.4 Å². The van der Waals surface area contributed by atoms with Crippen LogP contribution in [-0.4, -0.2) is 23.9 Å². The maximum Gasteiger partial charge on any atom is 0.262 e. The molecule has 0 aromatic heterocycles. The van der Waals surface area contributed by atoms with E-state index < -0.39 is 20.0 Å². The van der Waals surface area contributed by atoms with E-state index >= 15 is 0 Å².